The van der Waals surface area contributed by atoms with Crippen LogP contribution < -0.4 is 10.2 Å². The smallest absolute Gasteiger partial charge is 0.317 e. The SMILES string of the molecule is CNC1(c2cccc(F)c2)CCC2(CC1)CN(c1cnc(C(F)(F)F)nc1)C(=O)N2CC1CC1. The van der Waals surface area contributed by atoms with Crippen molar-refractivity contribution in [3.05, 3.63) is 53.9 Å². The number of nitrogens with zero attached hydrogens (tertiary/aromatic N) is 4. The van der Waals surface area contributed by atoms with E-state index < -0.39 is 23.1 Å². The maximum atomic E-state index is 14.0. The summed E-state index contributed by atoms with van der Waals surface area (Å²) in [4.78, 5) is 23.8. The van der Waals surface area contributed by atoms with Gasteiger partial charge in [-0.2, -0.15) is 13.2 Å². The number of rotatable bonds is 5. The predicted molar refractivity (Wildman–Crippen MR) is 118 cm³/mol. The molecule has 2 aromatic rings. The molecule has 1 N–H and O–H groups in total. The number of carbonyl (C=O) groups is 1. The van der Waals surface area contributed by atoms with Gasteiger partial charge in [0.15, 0.2) is 0 Å². The first-order valence-electron chi connectivity index (χ1n) is 11.6. The lowest BCUT2D eigenvalue weighted by atomic mass is 9.69. The van der Waals surface area contributed by atoms with Crippen LogP contribution in [0, 0.1) is 11.7 Å². The van der Waals surface area contributed by atoms with Gasteiger partial charge in [-0.25, -0.2) is 19.2 Å². The zero-order valence-electron chi connectivity index (χ0n) is 18.9. The number of aromatic nitrogens is 2. The first-order chi connectivity index (χ1) is 16.2. The highest BCUT2D eigenvalue weighted by atomic mass is 19.4. The summed E-state index contributed by atoms with van der Waals surface area (Å²) in [7, 11) is 1.87. The third kappa shape index (κ3) is 4.01. The van der Waals surface area contributed by atoms with Gasteiger partial charge in [-0.15, -0.1) is 0 Å². The van der Waals surface area contributed by atoms with E-state index in [1.807, 2.05) is 18.0 Å². The Morgan fingerprint density at radius 3 is 2.35 bits per heavy atom. The topological polar surface area (TPSA) is 61.4 Å². The molecule has 2 aliphatic carbocycles. The second kappa shape index (κ2) is 8.18. The number of nitrogens with one attached hydrogen (secondary N) is 1. The largest absolute Gasteiger partial charge is 0.451 e. The molecule has 0 radical (unpaired) electrons. The highest BCUT2D eigenvalue weighted by Gasteiger charge is 2.55. The van der Waals surface area contributed by atoms with Gasteiger partial charge >= 0.3 is 12.2 Å². The molecule has 2 saturated carbocycles. The molecule has 1 aromatic heterocycles. The summed E-state index contributed by atoms with van der Waals surface area (Å²) >= 11 is 0. The van der Waals surface area contributed by atoms with E-state index in [9.17, 15) is 22.4 Å². The first-order valence-corrected chi connectivity index (χ1v) is 11.6. The van der Waals surface area contributed by atoms with Gasteiger partial charge in [0.25, 0.3) is 0 Å². The number of amides is 2. The quantitative estimate of drug-likeness (QED) is 0.634. The molecular formula is C24H27F4N5O. The Labute approximate surface area is 195 Å². The van der Waals surface area contributed by atoms with Crippen LogP contribution in [0.25, 0.3) is 0 Å². The van der Waals surface area contributed by atoms with Crippen LogP contribution in [-0.2, 0) is 11.7 Å². The van der Waals surface area contributed by atoms with E-state index in [0.29, 0.717) is 44.7 Å². The van der Waals surface area contributed by atoms with E-state index in [1.54, 1.807) is 12.1 Å². The van der Waals surface area contributed by atoms with Gasteiger partial charge in [-0.3, -0.25) is 4.90 Å². The zero-order chi connectivity index (χ0) is 24.1. The van der Waals surface area contributed by atoms with Gasteiger partial charge in [0.1, 0.15) is 5.82 Å². The van der Waals surface area contributed by atoms with Crippen LogP contribution in [0.1, 0.15) is 49.9 Å². The van der Waals surface area contributed by atoms with Crippen LogP contribution in [0.15, 0.2) is 36.7 Å². The molecule has 3 aliphatic rings. The van der Waals surface area contributed by atoms with Crippen molar-refractivity contribution in [1.29, 1.82) is 0 Å². The lowest BCUT2D eigenvalue weighted by Crippen LogP contribution is -2.55. The van der Waals surface area contributed by atoms with Crippen molar-refractivity contribution in [2.24, 2.45) is 5.92 Å². The van der Waals surface area contributed by atoms with Crippen LogP contribution in [0.2, 0.25) is 0 Å². The molecule has 1 aromatic carbocycles. The third-order valence-corrected chi connectivity index (χ3v) is 7.72. The molecule has 3 fully saturated rings. The molecule has 10 heteroatoms. The Hall–Kier alpha value is -2.75. The summed E-state index contributed by atoms with van der Waals surface area (Å²) in [6, 6.07) is 6.40. The van der Waals surface area contributed by atoms with Gasteiger partial charge in [0.05, 0.1) is 30.2 Å². The molecule has 2 heterocycles. The molecule has 34 heavy (non-hydrogen) atoms. The number of benzene rings is 1. The Bertz CT molecular complexity index is 1060. The number of carbonyl (C=O) groups excluding carboxylic acids is 1. The van der Waals surface area contributed by atoms with Crippen molar-refractivity contribution < 1.29 is 22.4 Å². The monoisotopic (exact) mass is 477 g/mol. The molecule has 0 atom stereocenters. The van der Waals surface area contributed by atoms with Crippen molar-refractivity contribution in [2.45, 2.75) is 55.8 Å². The second-order valence-electron chi connectivity index (χ2n) is 9.75. The fourth-order valence-electron chi connectivity index (χ4n) is 5.47. The standard InChI is InChI=1S/C24H27F4N5O/c1-29-23(17-3-2-4-18(25)11-17)9-7-22(8-10-23)15-32(21(34)33(22)14-16-5-6-16)19-12-30-20(31-13-19)24(26,27)28/h2-4,11-13,16,29H,5-10,14-15H2,1H3. The molecule has 2 amide bonds. The minimum absolute atomic E-state index is 0.210. The summed E-state index contributed by atoms with van der Waals surface area (Å²) in [6.45, 7) is 1.01. The van der Waals surface area contributed by atoms with Crippen LogP contribution in [0.4, 0.5) is 28.0 Å². The molecule has 0 unspecified atom stereocenters. The summed E-state index contributed by atoms with van der Waals surface area (Å²) in [5.74, 6) is -1.05. The molecule has 0 bridgehead atoms. The van der Waals surface area contributed by atoms with Gasteiger partial charge in [0.2, 0.25) is 5.82 Å². The van der Waals surface area contributed by atoms with E-state index in [2.05, 4.69) is 15.3 Å². The van der Waals surface area contributed by atoms with Crippen molar-refractivity contribution in [2.75, 3.05) is 25.0 Å². The van der Waals surface area contributed by atoms with E-state index in [-0.39, 0.29) is 17.5 Å². The minimum atomic E-state index is -4.64. The zero-order valence-corrected chi connectivity index (χ0v) is 18.9. The van der Waals surface area contributed by atoms with Gasteiger partial charge in [-0.1, -0.05) is 12.1 Å². The number of hydrogen-bond donors (Lipinski definition) is 1. The maximum absolute atomic E-state index is 14.0. The van der Waals surface area contributed by atoms with Crippen LogP contribution in [-0.4, -0.2) is 46.6 Å². The van der Waals surface area contributed by atoms with Gasteiger partial charge in [-0.05, 0) is 69.2 Å². The third-order valence-electron chi connectivity index (χ3n) is 7.72. The summed E-state index contributed by atoms with van der Waals surface area (Å²) in [5, 5.41) is 3.40. The maximum Gasteiger partial charge on any atom is 0.451 e. The van der Waals surface area contributed by atoms with Crippen LogP contribution >= 0.6 is 0 Å². The van der Waals surface area contributed by atoms with Crippen molar-refractivity contribution in [3.8, 4) is 0 Å². The summed E-state index contributed by atoms with van der Waals surface area (Å²) < 4.78 is 52.7. The first kappa shape index (κ1) is 23.0. The Morgan fingerprint density at radius 2 is 1.79 bits per heavy atom. The number of anilines is 1. The van der Waals surface area contributed by atoms with Crippen LogP contribution in [0.3, 0.4) is 0 Å². The number of hydrogen-bond acceptors (Lipinski definition) is 4. The second-order valence-corrected chi connectivity index (χ2v) is 9.75. The Balaban J connectivity index is 1.41. The molecule has 182 valence electrons. The van der Waals surface area contributed by atoms with Crippen molar-refractivity contribution in [3.63, 3.8) is 0 Å². The molecule has 1 aliphatic heterocycles. The molecule has 6 nitrogen and oxygen atoms in total. The minimum Gasteiger partial charge on any atom is -0.317 e. The Morgan fingerprint density at radius 1 is 1.12 bits per heavy atom. The van der Waals surface area contributed by atoms with E-state index in [4.69, 9.17) is 0 Å². The van der Waals surface area contributed by atoms with Crippen LogP contribution in [0.5, 0.6) is 0 Å². The highest BCUT2D eigenvalue weighted by molar-refractivity contribution is 5.95. The summed E-state index contributed by atoms with van der Waals surface area (Å²) in [6.07, 6.45) is 2.48. The van der Waals surface area contributed by atoms with E-state index in [0.717, 1.165) is 30.8 Å². The highest BCUT2D eigenvalue weighted by Crippen LogP contribution is 2.48. The number of halogens is 4. The molecular weight excluding hydrogens is 450 g/mol. The van der Waals surface area contributed by atoms with Crippen molar-refractivity contribution in [1.82, 2.24) is 20.2 Å². The fraction of sp³-hybridized carbons (Fsp3) is 0.542. The number of urea groups is 1. The lowest BCUT2D eigenvalue weighted by molar-refractivity contribution is -0.144. The van der Waals surface area contributed by atoms with Gasteiger partial charge < -0.3 is 10.2 Å². The van der Waals surface area contributed by atoms with E-state index in [1.165, 1.54) is 11.0 Å². The lowest BCUT2D eigenvalue weighted by Gasteiger charge is -2.48. The average Bonchev–Trinajstić information content (AvgIpc) is 3.61. The summed E-state index contributed by atoms with van der Waals surface area (Å²) in [5.41, 5.74) is 0.324. The Kier molecular flexibility index (Phi) is 5.54. The number of alkyl halides is 3. The molecule has 5 rings (SSSR count). The average molecular weight is 478 g/mol. The molecule has 1 saturated heterocycles. The van der Waals surface area contributed by atoms with Crippen molar-refractivity contribution >= 4 is 11.7 Å². The predicted octanol–water partition coefficient (Wildman–Crippen LogP) is 4.71. The normalized spacial score (nSPS) is 27.6. The fourth-order valence-corrected chi connectivity index (χ4v) is 5.47. The van der Waals surface area contributed by atoms with E-state index >= 15 is 0 Å². The molecule has 1 spiro atoms. The van der Waals surface area contributed by atoms with Gasteiger partial charge in [0, 0.05) is 12.1 Å².